The molecule has 2 aromatic heterocycles. The molecule has 3 saturated carbocycles. The van der Waals surface area contributed by atoms with Crippen LogP contribution in [0, 0.1) is 0 Å². The molecule has 2 heterocycles. The van der Waals surface area contributed by atoms with Crippen LogP contribution in [0.4, 0.5) is 5.82 Å². The molecular weight excluding hydrogens is 474 g/mol. The van der Waals surface area contributed by atoms with Crippen LogP contribution < -0.4 is 11.5 Å². The van der Waals surface area contributed by atoms with E-state index in [1.165, 1.54) is 11.1 Å². The van der Waals surface area contributed by atoms with Crippen LogP contribution in [0.25, 0.3) is 11.2 Å². The summed E-state index contributed by atoms with van der Waals surface area (Å²) < 4.78 is 0. The zero-order valence-corrected chi connectivity index (χ0v) is 21.6. The topological polar surface area (TPSA) is 127 Å². The Balaban J connectivity index is 1.29. The third-order valence-corrected chi connectivity index (χ3v) is 9.22. The Labute approximate surface area is 222 Å². The van der Waals surface area contributed by atoms with Crippen molar-refractivity contribution in [3.63, 3.8) is 0 Å². The van der Waals surface area contributed by atoms with Gasteiger partial charge in [0.2, 0.25) is 11.6 Å². The third kappa shape index (κ3) is 4.43. The summed E-state index contributed by atoms with van der Waals surface area (Å²) in [5.41, 5.74) is 17.2. The van der Waals surface area contributed by atoms with Crippen LogP contribution in [-0.4, -0.2) is 49.8 Å². The number of aromatic amines is 1. The average molecular weight is 510 g/mol. The third-order valence-electron chi connectivity index (χ3n) is 9.22. The van der Waals surface area contributed by atoms with Gasteiger partial charge in [-0.05, 0) is 73.1 Å². The number of carbonyl (C=O) groups is 1. The number of nitrogen functional groups attached to an aromatic ring is 1. The van der Waals surface area contributed by atoms with Crippen molar-refractivity contribution in [1.82, 2.24) is 25.3 Å². The van der Waals surface area contributed by atoms with Crippen LogP contribution in [0.5, 0.6) is 0 Å². The molecular formula is C30H35N7O. The van der Waals surface area contributed by atoms with Gasteiger partial charge in [-0.15, -0.1) is 5.10 Å². The van der Waals surface area contributed by atoms with E-state index in [0.717, 1.165) is 62.6 Å². The van der Waals surface area contributed by atoms with Gasteiger partial charge in [0, 0.05) is 18.0 Å². The summed E-state index contributed by atoms with van der Waals surface area (Å²) in [6.07, 6.45) is 7.50. The number of anilines is 1. The number of hydrogen-bond acceptors (Lipinski definition) is 6. The van der Waals surface area contributed by atoms with E-state index in [0.29, 0.717) is 11.5 Å². The van der Waals surface area contributed by atoms with Gasteiger partial charge < -0.3 is 11.5 Å². The van der Waals surface area contributed by atoms with Gasteiger partial charge in [-0.25, -0.2) is 4.98 Å². The number of benzene rings is 2. The first-order valence-electron chi connectivity index (χ1n) is 13.6. The van der Waals surface area contributed by atoms with Gasteiger partial charge in [-0.1, -0.05) is 60.7 Å². The van der Waals surface area contributed by atoms with Crippen molar-refractivity contribution in [3.05, 3.63) is 83.4 Å². The maximum absolute atomic E-state index is 12.3. The summed E-state index contributed by atoms with van der Waals surface area (Å²) >= 11 is 0. The van der Waals surface area contributed by atoms with Gasteiger partial charge in [-0.2, -0.15) is 10.3 Å². The zero-order chi connectivity index (χ0) is 26.2. The maximum Gasteiger partial charge on any atom is 0.231 e. The molecule has 2 aromatic carbocycles. The fourth-order valence-electron chi connectivity index (χ4n) is 7.15. The van der Waals surface area contributed by atoms with Crippen molar-refractivity contribution in [1.29, 1.82) is 0 Å². The number of nitrogens with zero attached hydrogens (tertiary/aromatic N) is 4. The molecule has 0 radical (unpaired) electrons. The molecule has 8 heteroatoms. The van der Waals surface area contributed by atoms with E-state index in [1.54, 1.807) is 0 Å². The monoisotopic (exact) mass is 509 g/mol. The lowest BCUT2D eigenvalue weighted by atomic mass is 9.54. The van der Waals surface area contributed by atoms with Crippen molar-refractivity contribution >= 4 is 22.9 Å². The van der Waals surface area contributed by atoms with Crippen molar-refractivity contribution < 1.29 is 4.79 Å². The molecule has 0 spiro atoms. The molecule has 0 saturated heterocycles. The molecule has 1 unspecified atom stereocenters. The Morgan fingerprint density at radius 3 is 2.26 bits per heavy atom. The van der Waals surface area contributed by atoms with Crippen molar-refractivity contribution in [2.75, 3.05) is 18.8 Å². The van der Waals surface area contributed by atoms with Crippen LogP contribution in [0.1, 0.15) is 67.6 Å². The van der Waals surface area contributed by atoms with Crippen molar-refractivity contribution in [2.24, 2.45) is 5.73 Å². The van der Waals surface area contributed by atoms with Gasteiger partial charge in [-0.3, -0.25) is 9.69 Å². The van der Waals surface area contributed by atoms with E-state index >= 15 is 0 Å². The van der Waals surface area contributed by atoms with Gasteiger partial charge >= 0.3 is 0 Å². The summed E-state index contributed by atoms with van der Waals surface area (Å²) in [7, 11) is 0. The minimum Gasteiger partial charge on any atom is -0.384 e. The van der Waals surface area contributed by atoms with E-state index in [1.807, 2.05) is 12.1 Å². The predicted octanol–water partition coefficient (Wildman–Crippen LogP) is 4.29. The highest BCUT2D eigenvalue weighted by Gasteiger charge is 2.51. The number of fused-ring (bicyclic) bond motifs is 4. The number of nitrogens with two attached hydrogens (primary N) is 2. The number of pyridine rings is 1. The van der Waals surface area contributed by atoms with Crippen LogP contribution in [0.3, 0.4) is 0 Å². The maximum atomic E-state index is 12.3. The first kappa shape index (κ1) is 24.6. The zero-order valence-electron chi connectivity index (χ0n) is 21.6. The summed E-state index contributed by atoms with van der Waals surface area (Å²) in [6, 6.07) is 23.3. The number of amides is 1. The van der Waals surface area contributed by atoms with Crippen LogP contribution in [0.15, 0.2) is 66.7 Å². The lowest BCUT2D eigenvalue weighted by Gasteiger charge is -2.58. The molecule has 196 valence electrons. The molecule has 1 atom stereocenters. The highest BCUT2D eigenvalue weighted by atomic mass is 16.1. The second-order valence-electron chi connectivity index (χ2n) is 11.1. The Kier molecular flexibility index (Phi) is 6.35. The predicted molar refractivity (Wildman–Crippen MR) is 148 cm³/mol. The van der Waals surface area contributed by atoms with Crippen LogP contribution in [-0.2, 0) is 10.2 Å². The number of hydrogen-bond donors (Lipinski definition) is 3. The fourth-order valence-corrected chi connectivity index (χ4v) is 7.15. The molecule has 0 aliphatic heterocycles. The Morgan fingerprint density at radius 1 is 0.947 bits per heavy atom. The quantitative estimate of drug-likeness (QED) is 0.309. The highest BCUT2D eigenvalue weighted by Crippen LogP contribution is 2.55. The van der Waals surface area contributed by atoms with E-state index in [-0.39, 0.29) is 29.3 Å². The van der Waals surface area contributed by atoms with E-state index in [4.69, 9.17) is 11.5 Å². The van der Waals surface area contributed by atoms with Crippen molar-refractivity contribution in [2.45, 2.75) is 61.8 Å². The van der Waals surface area contributed by atoms with Gasteiger partial charge in [0.25, 0.3) is 0 Å². The smallest absolute Gasteiger partial charge is 0.231 e. The Hall–Kier alpha value is -3.78. The summed E-state index contributed by atoms with van der Waals surface area (Å²) in [6.45, 7) is 1.03. The SMILES string of the molecule is NC(=O)CN(CCC(c1ccccc1)c1cc(N)nc2n[nH]nc12)C12CCC(c3ccccc3)(CC1)CC2. The number of aromatic nitrogens is 4. The molecule has 1 amide bonds. The Morgan fingerprint density at radius 2 is 1.61 bits per heavy atom. The van der Waals surface area contributed by atoms with E-state index < -0.39 is 0 Å². The molecule has 3 aliphatic rings. The number of primary amides is 1. The summed E-state index contributed by atoms with van der Waals surface area (Å²) in [5, 5.41) is 11.3. The van der Waals surface area contributed by atoms with Gasteiger partial charge in [0.15, 0.2) is 0 Å². The van der Waals surface area contributed by atoms with Crippen molar-refractivity contribution in [3.8, 4) is 0 Å². The first-order chi connectivity index (χ1) is 18.5. The van der Waals surface area contributed by atoms with E-state index in [9.17, 15) is 4.79 Å². The summed E-state index contributed by atoms with van der Waals surface area (Å²) in [5.74, 6) is 0.177. The molecule has 38 heavy (non-hydrogen) atoms. The van der Waals surface area contributed by atoms with E-state index in [2.05, 4.69) is 79.9 Å². The molecule has 5 N–H and O–H groups in total. The van der Waals surface area contributed by atoms with Gasteiger partial charge in [0.1, 0.15) is 11.3 Å². The molecule has 3 aliphatic carbocycles. The number of carbonyl (C=O) groups excluding carboxylic acids is 1. The molecule has 7 rings (SSSR count). The molecule has 3 fully saturated rings. The average Bonchev–Trinajstić information content (AvgIpc) is 3.43. The largest absolute Gasteiger partial charge is 0.384 e. The Bertz CT molecular complexity index is 1390. The minimum atomic E-state index is -0.270. The van der Waals surface area contributed by atoms with Gasteiger partial charge in [0.05, 0.1) is 6.54 Å². The standard InChI is InChI=1S/C30H35N7O/c31-25-19-24(27-28(33-25)35-36-34-27)23(21-7-3-1-4-8-21)11-18-37(20-26(32)38)30-15-12-29(13-16-30,14-17-30)22-9-5-2-6-10-22/h1-10,19,23H,11-18,20H2,(H2,32,38)(H3,31,33,34,35,36). The molecule has 8 nitrogen and oxygen atoms in total. The number of nitrogens with one attached hydrogen (secondary N) is 1. The minimum absolute atomic E-state index is 0.00722. The summed E-state index contributed by atoms with van der Waals surface area (Å²) in [4.78, 5) is 19.0. The lowest BCUT2D eigenvalue weighted by Crippen LogP contribution is -2.59. The number of H-pyrrole nitrogens is 1. The number of rotatable bonds is 9. The lowest BCUT2D eigenvalue weighted by molar-refractivity contribution is -0.123. The second-order valence-corrected chi connectivity index (χ2v) is 11.1. The first-order valence-corrected chi connectivity index (χ1v) is 13.6. The van der Waals surface area contributed by atoms with Crippen LogP contribution in [0.2, 0.25) is 0 Å². The molecule has 2 bridgehead atoms. The van der Waals surface area contributed by atoms with Crippen LogP contribution >= 0.6 is 0 Å². The normalized spacial score (nSPS) is 23.6. The highest BCUT2D eigenvalue weighted by molar-refractivity contribution is 5.77. The second kappa shape index (κ2) is 9.83. The fraction of sp³-hybridized carbons (Fsp3) is 0.400. The molecule has 4 aromatic rings.